The number of benzene rings is 1. The number of fused-ring (bicyclic) bond motifs is 1. The maximum absolute atomic E-state index is 12.1. The number of Topliss-reactive ketones (excluding diaryl/α,β-unsaturated/α-hetero) is 1. The molecule has 1 amide bonds. The number of hydrogen-bond donors (Lipinski definition) is 1. The van der Waals surface area contributed by atoms with Crippen LogP contribution in [0.3, 0.4) is 0 Å². The molecule has 1 aliphatic rings. The van der Waals surface area contributed by atoms with Gasteiger partial charge in [-0.15, -0.1) is 0 Å². The van der Waals surface area contributed by atoms with Crippen LogP contribution in [0, 0.1) is 0 Å². The van der Waals surface area contributed by atoms with Crippen LogP contribution in [0.25, 0.3) is 0 Å². The molecule has 1 atom stereocenters. The van der Waals surface area contributed by atoms with Gasteiger partial charge < -0.3 is 14.7 Å². The van der Waals surface area contributed by atoms with Gasteiger partial charge in [0.25, 0.3) is 5.91 Å². The highest BCUT2D eigenvalue weighted by atomic mass is 16.5. The molecule has 0 aromatic heterocycles. The number of ketones is 1. The Labute approximate surface area is 115 Å². The largest absolute Gasteiger partial charge is 0.466 e. The number of amides is 1. The van der Waals surface area contributed by atoms with E-state index < -0.39 is 30.3 Å². The highest BCUT2D eigenvalue weighted by Crippen LogP contribution is 2.30. The molecule has 0 saturated heterocycles. The average Bonchev–Trinajstić information content (AvgIpc) is 2.65. The summed E-state index contributed by atoms with van der Waals surface area (Å²) in [6.45, 7) is 1.53. The van der Waals surface area contributed by atoms with Crippen LogP contribution in [0.4, 0.5) is 0 Å². The van der Waals surface area contributed by atoms with Crippen molar-refractivity contribution in [2.75, 3.05) is 13.2 Å². The van der Waals surface area contributed by atoms with Gasteiger partial charge >= 0.3 is 5.97 Å². The number of ether oxygens (including phenoxy) is 1. The summed E-state index contributed by atoms with van der Waals surface area (Å²) in [5, 5.41) is 10.0. The molecular weight excluding hydrogens is 262 g/mol. The summed E-state index contributed by atoms with van der Waals surface area (Å²) in [6, 6.07) is 6.62. The summed E-state index contributed by atoms with van der Waals surface area (Å²) in [4.78, 5) is 36.0. The average molecular weight is 277 g/mol. The first-order valence-corrected chi connectivity index (χ1v) is 6.30. The van der Waals surface area contributed by atoms with Gasteiger partial charge in [-0.2, -0.15) is 0 Å². The van der Waals surface area contributed by atoms with Crippen LogP contribution in [-0.4, -0.2) is 40.8 Å². The van der Waals surface area contributed by atoms with Gasteiger partial charge in [0, 0.05) is 11.1 Å². The molecule has 0 saturated carbocycles. The zero-order chi connectivity index (χ0) is 14.7. The molecule has 0 fully saturated rings. The van der Waals surface area contributed by atoms with E-state index in [-0.39, 0.29) is 13.2 Å². The van der Waals surface area contributed by atoms with Crippen molar-refractivity contribution in [2.45, 2.75) is 19.6 Å². The molecule has 0 radical (unpaired) electrons. The van der Waals surface area contributed by atoms with Gasteiger partial charge in [-0.25, -0.2) is 0 Å². The molecule has 106 valence electrons. The van der Waals surface area contributed by atoms with Crippen LogP contribution in [0.2, 0.25) is 0 Å². The molecule has 6 nitrogen and oxygen atoms in total. The minimum Gasteiger partial charge on any atom is -0.466 e. The Morgan fingerprint density at radius 3 is 2.70 bits per heavy atom. The van der Waals surface area contributed by atoms with E-state index in [1.807, 2.05) is 0 Å². The topological polar surface area (TPSA) is 83.9 Å². The molecule has 1 unspecified atom stereocenters. The van der Waals surface area contributed by atoms with Crippen LogP contribution in [-0.2, 0) is 14.3 Å². The van der Waals surface area contributed by atoms with Gasteiger partial charge in [-0.1, -0.05) is 18.2 Å². The van der Waals surface area contributed by atoms with E-state index in [4.69, 9.17) is 0 Å². The number of esters is 1. The summed E-state index contributed by atoms with van der Waals surface area (Å²) in [6.07, 6.45) is -1.55. The molecule has 0 aliphatic carbocycles. The third-order valence-electron chi connectivity index (χ3n) is 3.02. The minimum atomic E-state index is -1.15. The van der Waals surface area contributed by atoms with E-state index in [9.17, 15) is 19.5 Å². The third kappa shape index (κ3) is 2.70. The van der Waals surface area contributed by atoms with Crippen molar-refractivity contribution in [1.82, 2.24) is 4.90 Å². The normalized spacial score (nSPS) is 17.0. The lowest BCUT2D eigenvalue weighted by atomic mass is 10.1. The molecule has 1 aromatic carbocycles. The first-order chi connectivity index (χ1) is 9.54. The predicted molar refractivity (Wildman–Crippen MR) is 68.7 cm³/mol. The highest BCUT2D eigenvalue weighted by molar-refractivity contribution is 6.03. The van der Waals surface area contributed by atoms with Gasteiger partial charge in [0.1, 0.15) is 6.42 Å². The van der Waals surface area contributed by atoms with Crippen LogP contribution >= 0.6 is 0 Å². The second-order valence-corrected chi connectivity index (χ2v) is 4.41. The van der Waals surface area contributed by atoms with Gasteiger partial charge in [0.2, 0.25) is 0 Å². The zero-order valence-electron chi connectivity index (χ0n) is 11.0. The fraction of sp³-hybridized carbons (Fsp3) is 0.357. The van der Waals surface area contributed by atoms with Crippen LogP contribution in [0.1, 0.15) is 35.5 Å². The van der Waals surface area contributed by atoms with E-state index in [0.717, 1.165) is 4.90 Å². The van der Waals surface area contributed by atoms with Crippen LogP contribution in [0.5, 0.6) is 0 Å². The quantitative estimate of drug-likeness (QED) is 0.631. The number of rotatable bonds is 5. The molecule has 2 rings (SSSR count). The molecule has 6 heteroatoms. The number of carbonyl (C=O) groups is 3. The van der Waals surface area contributed by atoms with Gasteiger partial charge in [-0.05, 0) is 13.0 Å². The van der Waals surface area contributed by atoms with E-state index in [0.29, 0.717) is 11.1 Å². The number of hydrogen-bond acceptors (Lipinski definition) is 5. The molecule has 1 aliphatic heterocycles. The SMILES string of the molecule is CCOC(=O)CC(=O)CN1C(=O)c2ccccc2C1O. The fourth-order valence-corrected chi connectivity index (χ4v) is 2.13. The van der Waals surface area contributed by atoms with Crippen LogP contribution < -0.4 is 0 Å². The second-order valence-electron chi connectivity index (χ2n) is 4.41. The van der Waals surface area contributed by atoms with E-state index in [2.05, 4.69) is 4.74 Å². The van der Waals surface area contributed by atoms with Crippen molar-refractivity contribution in [3.8, 4) is 0 Å². The molecule has 20 heavy (non-hydrogen) atoms. The lowest BCUT2D eigenvalue weighted by Crippen LogP contribution is -2.34. The van der Waals surface area contributed by atoms with Crippen molar-refractivity contribution in [3.05, 3.63) is 35.4 Å². The summed E-state index contributed by atoms with van der Waals surface area (Å²) in [5.41, 5.74) is 0.852. The number of carbonyl (C=O) groups excluding carboxylic acids is 3. The monoisotopic (exact) mass is 277 g/mol. The van der Waals surface area contributed by atoms with Crippen molar-refractivity contribution in [3.63, 3.8) is 0 Å². The highest BCUT2D eigenvalue weighted by Gasteiger charge is 2.36. The molecule has 1 heterocycles. The number of aliphatic hydroxyl groups excluding tert-OH is 1. The lowest BCUT2D eigenvalue weighted by molar-refractivity contribution is -0.146. The maximum Gasteiger partial charge on any atom is 0.313 e. The van der Waals surface area contributed by atoms with Gasteiger partial charge in [0.05, 0.1) is 13.2 Å². The maximum atomic E-state index is 12.1. The minimum absolute atomic E-state index is 0.197. The van der Waals surface area contributed by atoms with Crippen molar-refractivity contribution < 1.29 is 24.2 Å². The Morgan fingerprint density at radius 1 is 1.35 bits per heavy atom. The van der Waals surface area contributed by atoms with Crippen LogP contribution in [0.15, 0.2) is 24.3 Å². The molecule has 0 bridgehead atoms. The predicted octanol–water partition coefficient (Wildman–Crippen LogP) is 0.656. The Balaban J connectivity index is 2.03. The molecule has 0 spiro atoms. The van der Waals surface area contributed by atoms with Crippen molar-refractivity contribution >= 4 is 17.7 Å². The standard InChI is InChI=1S/C14H15NO5/c1-2-20-12(17)7-9(16)8-15-13(18)10-5-3-4-6-11(10)14(15)19/h3-6,13,18H,2,7-8H2,1H3. The number of aliphatic hydroxyl groups is 1. The Bertz CT molecular complexity index is 554. The summed E-state index contributed by atoms with van der Waals surface area (Å²) >= 11 is 0. The number of nitrogens with zero attached hydrogens (tertiary/aromatic N) is 1. The Morgan fingerprint density at radius 2 is 2.05 bits per heavy atom. The van der Waals surface area contributed by atoms with Gasteiger partial charge in [-0.3, -0.25) is 14.4 Å². The molecular formula is C14H15NO5. The van der Waals surface area contributed by atoms with Gasteiger partial charge in [0.15, 0.2) is 12.0 Å². The first-order valence-electron chi connectivity index (χ1n) is 6.30. The Hall–Kier alpha value is -2.21. The second kappa shape index (κ2) is 5.83. The summed E-state index contributed by atoms with van der Waals surface area (Å²) in [7, 11) is 0. The van der Waals surface area contributed by atoms with Crippen molar-refractivity contribution in [1.29, 1.82) is 0 Å². The van der Waals surface area contributed by atoms with E-state index >= 15 is 0 Å². The first kappa shape index (κ1) is 14.2. The molecule has 1 aromatic rings. The summed E-state index contributed by atoms with van der Waals surface area (Å²) in [5.74, 6) is -1.51. The lowest BCUT2D eigenvalue weighted by Gasteiger charge is -2.19. The van der Waals surface area contributed by atoms with E-state index in [1.54, 1.807) is 31.2 Å². The summed E-state index contributed by atoms with van der Waals surface area (Å²) < 4.78 is 4.67. The smallest absolute Gasteiger partial charge is 0.313 e. The zero-order valence-corrected chi connectivity index (χ0v) is 11.0. The van der Waals surface area contributed by atoms with E-state index in [1.165, 1.54) is 0 Å². The third-order valence-corrected chi connectivity index (χ3v) is 3.02. The van der Waals surface area contributed by atoms with Crippen molar-refractivity contribution in [2.24, 2.45) is 0 Å². The Kier molecular flexibility index (Phi) is 4.14. The molecule has 1 N–H and O–H groups in total. The fourth-order valence-electron chi connectivity index (χ4n) is 2.13.